The predicted octanol–water partition coefficient (Wildman–Crippen LogP) is 3.66. The van der Waals surface area contributed by atoms with E-state index >= 15 is 0 Å². The lowest BCUT2D eigenvalue weighted by Gasteiger charge is -2.40. The van der Waals surface area contributed by atoms with Gasteiger partial charge in [-0.1, -0.05) is 6.42 Å². The zero-order chi connectivity index (χ0) is 17.9. The Bertz CT molecular complexity index is 756. The smallest absolute Gasteiger partial charge is 0.270 e. The first-order chi connectivity index (χ1) is 12.7. The molecule has 2 aromatic rings. The second kappa shape index (κ2) is 7.70. The first-order valence-corrected chi connectivity index (χ1v) is 10.0. The number of amides is 1. The first-order valence-electron chi connectivity index (χ1n) is 10.0. The van der Waals surface area contributed by atoms with Crippen LogP contribution in [-0.4, -0.2) is 59.5 Å². The van der Waals surface area contributed by atoms with Crippen LogP contribution < -0.4 is 4.74 Å². The number of H-pyrrole nitrogens is 1. The SMILES string of the molecule is CCOc1ccc2cc(C(=O)N3CCC(N4CCCCC4)CC3)[nH]c2c1. The summed E-state index contributed by atoms with van der Waals surface area (Å²) in [4.78, 5) is 20.8. The van der Waals surface area contributed by atoms with Crippen molar-refractivity contribution in [3.05, 3.63) is 30.0 Å². The van der Waals surface area contributed by atoms with Crippen LogP contribution in [0.4, 0.5) is 0 Å². The van der Waals surface area contributed by atoms with Gasteiger partial charge in [0.25, 0.3) is 5.91 Å². The Kier molecular flexibility index (Phi) is 5.16. The van der Waals surface area contributed by atoms with E-state index in [1.807, 2.05) is 36.1 Å². The topological polar surface area (TPSA) is 48.6 Å². The number of piperidine rings is 2. The molecule has 5 heteroatoms. The van der Waals surface area contributed by atoms with E-state index in [2.05, 4.69) is 9.88 Å². The predicted molar refractivity (Wildman–Crippen MR) is 104 cm³/mol. The van der Waals surface area contributed by atoms with Crippen LogP contribution in [0.15, 0.2) is 24.3 Å². The lowest BCUT2D eigenvalue weighted by Crippen LogP contribution is -2.48. The Morgan fingerprint density at radius 3 is 2.62 bits per heavy atom. The van der Waals surface area contributed by atoms with Crippen LogP contribution in [0.1, 0.15) is 49.5 Å². The number of nitrogens with zero attached hydrogens (tertiary/aromatic N) is 2. The molecule has 0 aliphatic carbocycles. The molecule has 0 radical (unpaired) electrons. The molecule has 1 amide bonds. The van der Waals surface area contributed by atoms with Gasteiger partial charge < -0.3 is 19.5 Å². The van der Waals surface area contributed by atoms with Gasteiger partial charge in [0.1, 0.15) is 11.4 Å². The summed E-state index contributed by atoms with van der Waals surface area (Å²) in [6.07, 6.45) is 6.23. The second-order valence-corrected chi connectivity index (χ2v) is 7.49. The average molecular weight is 355 g/mol. The van der Waals surface area contributed by atoms with Gasteiger partial charge in [-0.05, 0) is 63.9 Å². The number of ether oxygens (including phenoxy) is 1. The summed E-state index contributed by atoms with van der Waals surface area (Å²) < 4.78 is 5.55. The molecule has 1 aromatic carbocycles. The summed E-state index contributed by atoms with van der Waals surface area (Å²) in [6, 6.07) is 8.56. The standard InChI is InChI=1S/C21H29N3O2/c1-2-26-18-7-6-16-14-20(22-19(16)15-18)21(25)24-12-8-17(9-13-24)23-10-4-3-5-11-23/h6-7,14-15,17,22H,2-5,8-13H2,1H3. The third kappa shape index (κ3) is 3.58. The number of fused-ring (bicyclic) bond motifs is 1. The van der Waals surface area contributed by atoms with Gasteiger partial charge in [-0.15, -0.1) is 0 Å². The Hall–Kier alpha value is -2.01. The fraction of sp³-hybridized carbons (Fsp3) is 0.571. The second-order valence-electron chi connectivity index (χ2n) is 7.49. The van der Waals surface area contributed by atoms with E-state index in [1.54, 1.807) is 0 Å². The molecule has 2 aliphatic rings. The lowest BCUT2D eigenvalue weighted by atomic mass is 10.00. The Labute approximate surface area is 155 Å². The fourth-order valence-corrected chi connectivity index (χ4v) is 4.37. The molecular weight excluding hydrogens is 326 g/mol. The van der Waals surface area contributed by atoms with E-state index in [0.29, 0.717) is 18.3 Å². The maximum absolute atomic E-state index is 12.9. The minimum atomic E-state index is 0.122. The zero-order valence-electron chi connectivity index (χ0n) is 15.7. The maximum Gasteiger partial charge on any atom is 0.270 e. The van der Waals surface area contributed by atoms with Crippen molar-refractivity contribution in [2.75, 3.05) is 32.8 Å². The van der Waals surface area contributed by atoms with Crippen molar-refractivity contribution in [3.63, 3.8) is 0 Å². The summed E-state index contributed by atoms with van der Waals surface area (Å²) in [7, 11) is 0. The molecule has 26 heavy (non-hydrogen) atoms. The fourth-order valence-electron chi connectivity index (χ4n) is 4.37. The van der Waals surface area contributed by atoms with Gasteiger partial charge in [-0.3, -0.25) is 4.79 Å². The van der Waals surface area contributed by atoms with Gasteiger partial charge in [0.05, 0.1) is 6.61 Å². The minimum Gasteiger partial charge on any atom is -0.494 e. The number of aromatic nitrogens is 1. The van der Waals surface area contributed by atoms with Crippen molar-refractivity contribution in [1.29, 1.82) is 0 Å². The maximum atomic E-state index is 12.9. The van der Waals surface area contributed by atoms with Crippen LogP contribution in [-0.2, 0) is 0 Å². The van der Waals surface area contributed by atoms with Gasteiger partial charge >= 0.3 is 0 Å². The highest BCUT2D eigenvalue weighted by molar-refractivity contribution is 5.98. The molecule has 0 bridgehead atoms. The number of carbonyl (C=O) groups excluding carboxylic acids is 1. The number of aromatic amines is 1. The van der Waals surface area contributed by atoms with E-state index < -0.39 is 0 Å². The largest absolute Gasteiger partial charge is 0.494 e. The highest BCUT2D eigenvalue weighted by atomic mass is 16.5. The zero-order valence-corrected chi connectivity index (χ0v) is 15.7. The molecule has 2 aliphatic heterocycles. The number of rotatable bonds is 4. The Morgan fingerprint density at radius 2 is 1.88 bits per heavy atom. The van der Waals surface area contributed by atoms with Gasteiger partial charge in [0.2, 0.25) is 0 Å². The van der Waals surface area contributed by atoms with Crippen LogP contribution in [0.25, 0.3) is 10.9 Å². The summed E-state index contributed by atoms with van der Waals surface area (Å²) in [5, 5.41) is 1.06. The van der Waals surface area contributed by atoms with Gasteiger partial charge in [0.15, 0.2) is 0 Å². The van der Waals surface area contributed by atoms with Crippen LogP contribution in [0.3, 0.4) is 0 Å². The van der Waals surface area contributed by atoms with Crippen molar-refractivity contribution in [1.82, 2.24) is 14.8 Å². The van der Waals surface area contributed by atoms with Crippen LogP contribution >= 0.6 is 0 Å². The van der Waals surface area contributed by atoms with E-state index in [-0.39, 0.29) is 5.91 Å². The molecule has 2 fully saturated rings. The molecule has 5 nitrogen and oxygen atoms in total. The monoisotopic (exact) mass is 355 g/mol. The molecule has 4 rings (SSSR count). The lowest BCUT2D eigenvalue weighted by molar-refractivity contribution is 0.0585. The van der Waals surface area contributed by atoms with E-state index in [1.165, 1.54) is 32.4 Å². The molecule has 3 heterocycles. The van der Waals surface area contributed by atoms with Crippen molar-refractivity contribution < 1.29 is 9.53 Å². The molecular formula is C21H29N3O2. The molecule has 0 atom stereocenters. The summed E-state index contributed by atoms with van der Waals surface area (Å²) in [5.41, 5.74) is 1.65. The van der Waals surface area contributed by atoms with Crippen molar-refractivity contribution in [2.24, 2.45) is 0 Å². The number of hydrogen-bond donors (Lipinski definition) is 1. The summed E-state index contributed by atoms with van der Waals surface area (Å²) >= 11 is 0. The van der Waals surface area contributed by atoms with Gasteiger partial charge in [-0.25, -0.2) is 0 Å². The minimum absolute atomic E-state index is 0.122. The number of benzene rings is 1. The molecule has 140 valence electrons. The average Bonchev–Trinajstić information content (AvgIpc) is 3.12. The van der Waals surface area contributed by atoms with Crippen LogP contribution in [0.2, 0.25) is 0 Å². The molecule has 1 aromatic heterocycles. The Balaban J connectivity index is 1.40. The third-order valence-electron chi connectivity index (χ3n) is 5.79. The first kappa shape index (κ1) is 17.4. The quantitative estimate of drug-likeness (QED) is 0.911. The normalized spacial score (nSPS) is 19.8. The molecule has 2 saturated heterocycles. The molecule has 1 N–H and O–H groups in total. The van der Waals surface area contributed by atoms with E-state index in [0.717, 1.165) is 42.6 Å². The summed E-state index contributed by atoms with van der Waals surface area (Å²) in [6.45, 7) is 6.82. The Morgan fingerprint density at radius 1 is 1.12 bits per heavy atom. The van der Waals surface area contributed by atoms with E-state index in [9.17, 15) is 4.79 Å². The third-order valence-corrected chi connectivity index (χ3v) is 5.79. The van der Waals surface area contributed by atoms with Crippen molar-refractivity contribution >= 4 is 16.8 Å². The van der Waals surface area contributed by atoms with Crippen molar-refractivity contribution in [3.8, 4) is 5.75 Å². The highest BCUT2D eigenvalue weighted by Gasteiger charge is 2.28. The number of carbonyl (C=O) groups is 1. The van der Waals surface area contributed by atoms with Crippen LogP contribution in [0.5, 0.6) is 5.75 Å². The number of likely N-dealkylation sites (tertiary alicyclic amines) is 2. The van der Waals surface area contributed by atoms with Gasteiger partial charge in [-0.2, -0.15) is 0 Å². The van der Waals surface area contributed by atoms with Gasteiger partial charge in [0, 0.05) is 36.1 Å². The summed E-state index contributed by atoms with van der Waals surface area (Å²) in [5.74, 6) is 0.958. The molecule has 0 unspecified atom stereocenters. The number of hydrogen-bond acceptors (Lipinski definition) is 3. The van der Waals surface area contributed by atoms with Crippen molar-refractivity contribution in [2.45, 2.75) is 45.1 Å². The number of nitrogens with one attached hydrogen (secondary N) is 1. The highest BCUT2D eigenvalue weighted by Crippen LogP contribution is 2.25. The van der Waals surface area contributed by atoms with E-state index in [4.69, 9.17) is 4.74 Å². The van der Waals surface area contributed by atoms with Crippen LogP contribution in [0, 0.1) is 0 Å². The molecule has 0 saturated carbocycles. The molecule has 0 spiro atoms.